The van der Waals surface area contributed by atoms with Crippen molar-refractivity contribution in [2.45, 2.75) is 57.6 Å². The fraction of sp³-hybridized carbons (Fsp3) is 0.619. The van der Waals surface area contributed by atoms with Crippen LogP contribution in [0.3, 0.4) is 0 Å². The first-order chi connectivity index (χ1) is 14.4. The van der Waals surface area contributed by atoms with E-state index in [1.165, 1.54) is 3.57 Å². The molecule has 1 unspecified atom stereocenters. The number of aliphatic carboxylic acids is 1. The monoisotopic (exact) mass is 568 g/mol. The molecule has 1 aliphatic rings. The number of hydrogen-bond acceptors (Lipinski definition) is 6. The summed E-state index contributed by atoms with van der Waals surface area (Å²) in [4.78, 5) is 22.7. The predicted molar refractivity (Wildman–Crippen MR) is 129 cm³/mol. The van der Waals surface area contributed by atoms with Crippen molar-refractivity contribution in [1.29, 1.82) is 4.78 Å². The Balaban J connectivity index is 0.000000577. The molecule has 0 saturated heterocycles. The van der Waals surface area contributed by atoms with Gasteiger partial charge in [-0.2, -0.15) is 0 Å². The molecule has 8 nitrogen and oxygen atoms in total. The molecular formula is C21H33IN2O6S. The average molecular weight is 568 g/mol. The minimum atomic E-state index is -3.00. The minimum Gasteiger partial charge on any atom is -0.480 e. The van der Waals surface area contributed by atoms with Crippen LogP contribution in [0, 0.1) is 14.3 Å². The lowest BCUT2D eigenvalue weighted by Crippen LogP contribution is -2.43. The Kier molecular flexibility index (Phi) is 11.8. The minimum absolute atomic E-state index is 0.0354. The van der Waals surface area contributed by atoms with E-state index in [9.17, 15) is 18.9 Å². The van der Waals surface area contributed by atoms with E-state index < -0.39 is 33.4 Å². The summed E-state index contributed by atoms with van der Waals surface area (Å²) in [6, 6.07) is 8.97. The van der Waals surface area contributed by atoms with Crippen LogP contribution in [-0.2, 0) is 19.3 Å². The number of carbonyl (C=O) groups excluding carboxylic acids is 1. The first-order valence-corrected chi connectivity index (χ1v) is 13.2. The van der Waals surface area contributed by atoms with Gasteiger partial charge in [0, 0.05) is 24.8 Å². The van der Waals surface area contributed by atoms with Crippen LogP contribution in [-0.4, -0.2) is 56.2 Å². The summed E-state index contributed by atoms with van der Waals surface area (Å²) in [5, 5.41) is 21.3. The van der Waals surface area contributed by atoms with Crippen LogP contribution in [0.4, 0.5) is 4.79 Å². The normalized spacial score (nSPS) is 17.3. The highest BCUT2D eigenvalue weighted by molar-refractivity contribution is 14.1. The van der Waals surface area contributed by atoms with Crippen molar-refractivity contribution in [3.63, 3.8) is 0 Å². The third kappa shape index (κ3) is 12.3. The van der Waals surface area contributed by atoms with Gasteiger partial charge in [0.05, 0.1) is 12.2 Å². The Bertz CT molecular complexity index is 797. The number of carboxylic acids is 1. The second-order valence-electron chi connectivity index (χ2n) is 8.16. The fourth-order valence-corrected chi connectivity index (χ4v) is 4.64. The summed E-state index contributed by atoms with van der Waals surface area (Å²) in [7, 11) is -3.00. The number of benzene rings is 1. The van der Waals surface area contributed by atoms with Crippen LogP contribution < -0.4 is 5.32 Å². The Hall–Kier alpha value is -1.40. The molecule has 1 aromatic rings. The SMILES string of the molecule is CC(C)COC(=O)N[C@@H](CCS(=N)(=O)CCC1(O)CCC1)C(=O)O.Ic1ccccc1. The summed E-state index contributed by atoms with van der Waals surface area (Å²) >= 11 is 2.28. The molecule has 1 fully saturated rings. The number of hydrogen-bond donors (Lipinski definition) is 4. The van der Waals surface area contributed by atoms with Gasteiger partial charge in [0.15, 0.2) is 0 Å². The number of nitrogens with one attached hydrogen (secondary N) is 2. The fourth-order valence-electron chi connectivity index (χ4n) is 2.70. The van der Waals surface area contributed by atoms with Gasteiger partial charge >= 0.3 is 12.1 Å². The van der Waals surface area contributed by atoms with Crippen LogP contribution >= 0.6 is 22.6 Å². The largest absolute Gasteiger partial charge is 0.480 e. The number of carbonyl (C=O) groups is 2. The molecule has 2 atom stereocenters. The first-order valence-electron chi connectivity index (χ1n) is 10.3. The quantitative estimate of drug-likeness (QED) is 0.317. The van der Waals surface area contributed by atoms with Gasteiger partial charge in [-0.25, -0.2) is 13.8 Å². The van der Waals surface area contributed by atoms with E-state index in [4.69, 9.17) is 14.6 Å². The van der Waals surface area contributed by atoms with Crippen molar-refractivity contribution in [1.82, 2.24) is 5.32 Å². The van der Waals surface area contributed by atoms with Crippen LogP contribution in [0.5, 0.6) is 0 Å². The molecule has 0 spiro atoms. The summed E-state index contributed by atoms with van der Waals surface area (Å²) in [5.41, 5.74) is -0.811. The number of carboxylic acid groups (broad SMARTS) is 1. The van der Waals surface area contributed by atoms with Gasteiger partial charge in [-0.3, -0.25) is 4.78 Å². The Morgan fingerprint density at radius 1 is 1.26 bits per heavy atom. The van der Waals surface area contributed by atoms with E-state index >= 15 is 0 Å². The van der Waals surface area contributed by atoms with Crippen molar-refractivity contribution in [3.8, 4) is 0 Å². The molecule has 1 saturated carbocycles. The van der Waals surface area contributed by atoms with Crippen molar-refractivity contribution in [2.75, 3.05) is 18.1 Å². The van der Waals surface area contributed by atoms with Gasteiger partial charge in [0.25, 0.3) is 0 Å². The van der Waals surface area contributed by atoms with Gasteiger partial charge < -0.3 is 20.3 Å². The molecule has 0 aromatic heterocycles. The molecule has 176 valence electrons. The van der Waals surface area contributed by atoms with Gasteiger partial charge in [-0.1, -0.05) is 32.0 Å². The summed E-state index contributed by atoms with van der Waals surface area (Å²) < 4.78 is 26.2. The average Bonchev–Trinajstić information content (AvgIpc) is 2.67. The molecule has 31 heavy (non-hydrogen) atoms. The highest BCUT2D eigenvalue weighted by atomic mass is 127. The van der Waals surface area contributed by atoms with Gasteiger partial charge in [0.1, 0.15) is 6.04 Å². The zero-order valence-corrected chi connectivity index (χ0v) is 21.0. The first kappa shape index (κ1) is 27.6. The Labute approximate surface area is 198 Å². The van der Waals surface area contributed by atoms with Crippen LogP contribution in [0.15, 0.2) is 30.3 Å². The molecule has 1 aliphatic carbocycles. The second-order valence-corrected chi connectivity index (χ2v) is 11.8. The molecule has 0 heterocycles. The smallest absolute Gasteiger partial charge is 0.407 e. The highest BCUT2D eigenvalue weighted by Crippen LogP contribution is 2.34. The van der Waals surface area contributed by atoms with Crippen LogP contribution in [0.1, 0.15) is 46.0 Å². The maximum atomic E-state index is 12.2. The third-order valence-corrected chi connectivity index (χ3v) is 7.27. The number of ether oxygens (including phenoxy) is 1. The van der Waals surface area contributed by atoms with Crippen molar-refractivity contribution >= 4 is 44.4 Å². The van der Waals surface area contributed by atoms with E-state index in [-0.39, 0.29) is 36.9 Å². The van der Waals surface area contributed by atoms with E-state index in [1.54, 1.807) is 0 Å². The topological polar surface area (TPSA) is 137 Å². The van der Waals surface area contributed by atoms with E-state index in [0.29, 0.717) is 12.8 Å². The summed E-state index contributed by atoms with van der Waals surface area (Å²) in [6.45, 7) is 3.88. The summed E-state index contributed by atoms with van der Waals surface area (Å²) in [6.07, 6.45) is 1.58. The lowest BCUT2D eigenvalue weighted by atomic mass is 9.78. The van der Waals surface area contributed by atoms with Gasteiger partial charge in [-0.15, -0.1) is 0 Å². The molecule has 0 radical (unpaired) electrons. The Morgan fingerprint density at radius 2 is 1.87 bits per heavy atom. The lowest BCUT2D eigenvalue weighted by molar-refractivity contribution is -0.139. The third-order valence-electron chi connectivity index (χ3n) is 4.79. The predicted octanol–water partition coefficient (Wildman–Crippen LogP) is 3.85. The lowest BCUT2D eigenvalue weighted by Gasteiger charge is -2.36. The van der Waals surface area contributed by atoms with Gasteiger partial charge in [0.2, 0.25) is 0 Å². The summed E-state index contributed by atoms with van der Waals surface area (Å²) in [5.74, 6) is -1.24. The molecule has 1 amide bonds. The molecule has 10 heteroatoms. The van der Waals surface area contributed by atoms with Crippen molar-refractivity contribution < 1.29 is 28.7 Å². The zero-order chi connectivity index (χ0) is 23.5. The molecular weight excluding hydrogens is 535 g/mol. The van der Waals surface area contributed by atoms with Crippen LogP contribution in [0.25, 0.3) is 0 Å². The van der Waals surface area contributed by atoms with E-state index in [0.717, 1.165) is 6.42 Å². The van der Waals surface area contributed by atoms with Crippen molar-refractivity contribution in [2.24, 2.45) is 5.92 Å². The highest BCUT2D eigenvalue weighted by Gasteiger charge is 2.35. The molecule has 4 N–H and O–H groups in total. The van der Waals surface area contributed by atoms with E-state index in [2.05, 4.69) is 40.0 Å². The maximum Gasteiger partial charge on any atom is 0.407 e. The Morgan fingerprint density at radius 3 is 2.29 bits per heavy atom. The zero-order valence-electron chi connectivity index (χ0n) is 18.0. The number of aliphatic hydroxyl groups is 1. The number of rotatable bonds is 10. The number of alkyl carbamates (subject to hydrolysis) is 1. The molecule has 0 aliphatic heterocycles. The number of halogens is 1. The molecule has 1 aromatic carbocycles. The van der Waals surface area contributed by atoms with Gasteiger partial charge in [-0.05, 0) is 72.7 Å². The molecule has 0 bridgehead atoms. The van der Waals surface area contributed by atoms with Crippen LogP contribution in [0.2, 0.25) is 0 Å². The standard InChI is InChI=1S/C15H28N2O6S.C6H5I/c1-11(2)10-23-14(20)17-12(13(18)19)4-8-24(16,22)9-7-15(21)5-3-6-15;7-6-4-2-1-3-5-6/h11-12,16,21H,3-10H2,1-2H3,(H,17,20)(H,18,19);1-5H/t12-,24?;/m0./s1. The number of amides is 1. The molecule has 2 rings (SSSR count). The van der Waals surface area contributed by atoms with Crippen molar-refractivity contribution in [3.05, 3.63) is 33.9 Å². The van der Waals surface area contributed by atoms with E-state index in [1.807, 2.05) is 32.0 Å². The second kappa shape index (κ2) is 13.2. The maximum absolute atomic E-state index is 12.2.